The average molecular weight is 431 g/mol. The predicted octanol–water partition coefficient (Wildman–Crippen LogP) is 4.06. The number of nitrogens with zero attached hydrogens (tertiary/aromatic N) is 2. The number of thiophene rings is 1. The van der Waals surface area contributed by atoms with Crippen LogP contribution in [0.3, 0.4) is 0 Å². The van der Waals surface area contributed by atoms with Gasteiger partial charge in [-0.3, -0.25) is 9.36 Å². The van der Waals surface area contributed by atoms with Crippen LogP contribution in [0.4, 0.5) is 0 Å². The van der Waals surface area contributed by atoms with Gasteiger partial charge in [0.2, 0.25) is 0 Å². The minimum absolute atomic E-state index is 0.217. The van der Waals surface area contributed by atoms with Crippen LogP contribution < -0.4 is 15.0 Å². The highest BCUT2D eigenvalue weighted by Crippen LogP contribution is 2.35. The lowest BCUT2D eigenvalue weighted by molar-refractivity contribution is -0.152. The lowest BCUT2D eigenvalue weighted by atomic mass is 10.0. The third-order valence-electron chi connectivity index (χ3n) is 5.18. The van der Waals surface area contributed by atoms with Crippen molar-refractivity contribution in [2.24, 2.45) is 0 Å². The average Bonchev–Trinajstić information content (AvgIpc) is 3.01. The molecule has 0 saturated carbocycles. The van der Waals surface area contributed by atoms with Gasteiger partial charge in [-0.05, 0) is 58.4 Å². The highest BCUT2D eigenvalue weighted by molar-refractivity contribution is 7.18. The van der Waals surface area contributed by atoms with E-state index in [0.29, 0.717) is 33.1 Å². The van der Waals surface area contributed by atoms with Gasteiger partial charge in [-0.15, -0.1) is 11.3 Å². The largest absolute Gasteiger partial charge is 0.493 e. The van der Waals surface area contributed by atoms with Crippen LogP contribution in [0.15, 0.2) is 23.0 Å². The van der Waals surface area contributed by atoms with E-state index >= 15 is 0 Å². The first kappa shape index (κ1) is 21.8. The van der Waals surface area contributed by atoms with E-state index in [1.54, 1.807) is 53.2 Å². The number of carbonyl (C=O) groups excluding carboxylic acids is 1. The van der Waals surface area contributed by atoms with Crippen LogP contribution in [-0.4, -0.2) is 36.3 Å². The van der Waals surface area contributed by atoms with Crippen LogP contribution >= 0.6 is 11.3 Å². The SMILES string of the molecule is CCOC(=O)C(C)(C)n1c(-c2ccc(OC)c(OC)c2)nc2sc(C)c(C)c2c1=O. The summed E-state index contributed by atoms with van der Waals surface area (Å²) < 4.78 is 17.4. The molecule has 1 aromatic carbocycles. The molecule has 3 aromatic rings. The molecular weight excluding hydrogens is 404 g/mol. The van der Waals surface area contributed by atoms with Crippen LogP contribution in [-0.2, 0) is 15.1 Å². The molecular formula is C22H26N2O5S. The summed E-state index contributed by atoms with van der Waals surface area (Å²) in [4.78, 5) is 32.9. The molecule has 2 heterocycles. The van der Waals surface area contributed by atoms with E-state index in [1.165, 1.54) is 15.9 Å². The fourth-order valence-electron chi connectivity index (χ4n) is 3.38. The lowest BCUT2D eigenvalue weighted by Crippen LogP contribution is -2.45. The fourth-order valence-corrected chi connectivity index (χ4v) is 4.40. The van der Waals surface area contributed by atoms with Gasteiger partial charge >= 0.3 is 5.97 Å². The molecule has 0 amide bonds. The molecule has 0 atom stereocenters. The number of hydrogen-bond donors (Lipinski definition) is 0. The van der Waals surface area contributed by atoms with E-state index in [0.717, 1.165) is 10.4 Å². The fraction of sp³-hybridized carbons (Fsp3) is 0.409. The number of fused-ring (bicyclic) bond motifs is 1. The van der Waals surface area contributed by atoms with Gasteiger partial charge in [-0.25, -0.2) is 9.78 Å². The molecule has 30 heavy (non-hydrogen) atoms. The van der Waals surface area contributed by atoms with E-state index in [1.807, 2.05) is 13.8 Å². The topological polar surface area (TPSA) is 79.7 Å². The predicted molar refractivity (Wildman–Crippen MR) is 118 cm³/mol. The summed E-state index contributed by atoms with van der Waals surface area (Å²) in [6.45, 7) is 9.14. The van der Waals surface area contributed by atoms with Crippen molar-refractivity contribution in [1.29, 1.82) is 0 Å². The molecule has 2 aromatic heterocycles. The number of methoxy groups -OCH3 is 2. The molecule has 0 aliphatic rings. The number of ether oxygens (including phenoxy) is 3. The molecule has 0 spiro atoms. The normalized spacial score (nSPS) is 11.6. The van der Waals surface area contributed by atoms with Crippen LogP contribution in [0.1, 0.15) is 31.2 Å². The smallest absolute Gasteiger partial charge is 0.331 e. The number of rotatable bonds is 6. The Kier molecular flexibility index (Phi) is 5.90. The Hall–Kier alpha value is -2.87. The van der Waals surface area contributed by atoms with Gasteiger partial charge in [0.1, 0.15) is 16.2 Å². The molecule has 0 radical (unpaired) electrons. The van der Waals surface area contributed by atoms with Gasteiger partial charge in [0, 0.05) is 10.4 Å². The second-order valence-corrected chi connectivity index (χ2v) is 8.59. The van der Waals surface area contributed by atoms with Crippen molar-refractivity contribution in [2.45, 2.75) is 40.2 Å². The molecule has 8 heteroatoms. The monoisotopic (exact) mass is 430 g/mol. The summed E-state index contributed by atoms with van der Waals surface area (Å²) >= 11 is 1.46. The Morgan fingerprint density at radius 2 is 1.83 bits per heavy atom. The molecule has 0 aliphatic heterocycles. The first-order valence-electron chi connectivity index (χ1n) is 9.60. The summed E-state index contributed by atoms with van der Waals surface area (Å²) in [5, 5.41) is 0.527. The number of esters is 1. The quantitative estimate of drug-likeness (QED) is 0.549. The lowest BCUT2D eigenvalue weighted by Gasteiger charge is -2.28. The second kappa shape index (κ2) is 8.10. The summed E-state index contributed by atoms with van der Waals surface area (Å²) in [5.74, 6) is 0.930. The third kappa shape index (κ3) is 3.45. The van der Waals surface area contributed by atoms with Crippen molar-refractivity contribution >= 4 is 27.5 Å². The highest BCUT2D eigenvalue weighted by Gasteiger charge is 2.36. The Morgan fingerprint density at radius 1 is 1.17 bits per heavy atom. The first-order chi connectivity index (χ1) is 14.2. The second-order valence-electron chi connectivity index (χ2n) is 7.39. The maximum absolute atomic E-state index is 13.7. The number of benzene rings is 1. The van der Waals surface area contributed by atoms with E-state index < -0.39 is 11.5 Å². The van der Waals surface area contributed by atoms with Crippen molar-refractivity contribution in [2.75, 3.05) is 20.8 Å². The van der Waals surface area contributed by atoms with E-state index in [9.17, 15) is 9.59 Å². The van der Waals surface area contributed by atoms with Crippen molar-refractivity contribution < 1.29 is 19.0 Å². The minimum Gasteiger partial charge on any atom is -0.493 e. The summed E-state index contributed by atoms with van der Waals surface area (Å²) in [7, 11) is 3.10. The maximum Gasteiger partial charge on any atom is 0.331 e. The van der Waals surface area contributed by atoms with Gasteiger partial charge in [-0.2, -0.15) is 0 Å². The Bertz CT molecular complexity index is 1180. The molecule has 0 unspecified atom stereocenters. The van der Waals surface area contributed by atoms with Crippen molar-refractivity contribution in [3.05, 3.63) is 39.0 Å². The highest BCUT2D eigenvalue weighted by atomic mass is 32.1. The maximum atomic E-state index is 13.7. The number of carbonyl (C=O) groups is 1. The number of aryl methyl sites for hydroxylation is 2. The molecule has 0 fully saturated rings. The minimum atomic E-state index is -1.26. The van der Waals surface area contributed by atoms with Crippen LogP contribution in [0.25, 0.3) is 21.6 Å². The zero-order valence-electron chi connectivity index (χ0n) is 18.3. The Morgan fingerprint density at radius 3 is 2.43 bits per heavy atom. The van der Waals surface area contributed by atoms with Crippen molar-refractivity contribution in [3.63, 3.8) is 0 Å². The van der Waals surface area contributed by atoms with Gasteiger partial charge < -0.3 is 14.2 Å². The van der Waals surface area contributed by atoms with Crippen LogP contribution in [0.5, 0.6) is 11.5 Å². The summed E-state index contributed by atoms with van der Waals surface area (Å²) in [6, 6.07) is 5.29. The first-order valence-corrected chi connectivity index (χ1v) is 10.4. The third-order valence-corrected chi connectivity index (χ3v) is 6.28. The Labute approximate surface area is 179 Å². The molecule has 0 saturated heterocycles. The van der Waals surface area contributed by atoms with Gasteiger partial charge in [0.05, 0.1) is 26.2 Å². The molecule has 7 nitrogen and oxygen atoms in total. The molecule has 0 aliphatic carbocycles. The standard InChI is InChI=1S/C22H26N2O5S/c1-8-29-21(26)22(4,5)24-18(14-9-10-15(27-6)16(11-14)28-7)23-19-17(20(24)25)12(2)13(3)30-19/h9-11H,8H2,1-7H3. The van der Waals surface area contributed by atoms with E-state index in [4.69, 9.17) is 19.2 Å². The Balaban J connectivity index is 2.41. The van der Waals surface area contributed by atoms with Gasteiger partial charge in [0.25, 0.3) is 5.56 Å². The molecule has 0 bridgehead atoms. The zero-order chi connectivity index (χ0) is 22.2. The summed E-state index contributed by atoms with van der Waals surface area (Å²) in [6.07, 6.45) is 0. The summed E-state index contributed by atoms with van der Waals surface area (Å²) in [5.41, 5.74) is -0.0313. The molecule has 0 N–H and O–H groups in total. The van der Waals surface area contributed by atoms with Gasteiger partial charge in [0.15, 0.2) is 11.5 Å². The van der Waals surface area contributed by atoms with E-state index in [2.05, 4.69) is 0 Å². The van der Waals surface area contributed by atoms with Crippen molar-refractivity contribution in [1.82, 2.24) is 9.55 Å². The molecule has 3 rings (SSSR count). The number of aromatic nitrogens is 2. The number of hydrogen-bond acceptors (Lipinski definition) is 7. The van der Waals surface area contributed by atoms with E-state index in [-0.39, 0.29) is 12.2 Å². The van der Waals surface area contributed by atoms with Crippen molar-refractivity contribution in [3.8, 4) is 22.9 Å². The van der Waals surface area contributed by atoms with Crippen LogP contribution in [0, 0.1) is 13.8 Å². The van der Waals surface area contributed by atoms with Crippen LogP contribution in [0.2, 0.25) is 0 Å². The zero-order valence-corrected chi connectivity index (χ0v) is 19.1. The molecule has 160 valence electrons. The van der Waals surface area contributed by atoms with Gasteiger partial charge in [-0.1, -0.05) is 0 Å².